The first-order chi connectivity index (χ1) is 9.97. The number of rotatable bonds is 7. The summed E-state index contributed by atoms with van der Waals surface area (Å²) in [6, 6.07) is 3.52. The zero-order valence-corrected chi connectivity index (χ0v) is 13.1. The summed E-state index contributed by atoms with van der Waals surface area (Å²) in [6.45, 7) is 7.10. The van der Waals surface area contributed by atoms with Crippen LogP contribution >= 0.6 is 0 Å². The van der Waals surface area contributed by atoms with E-state index in [1.54, 1.807) is 19.2 Å². The molecule has 1 rings (SSSR count). The minimum Gasteiger partial charge on any atom is -0.370 e. The fourth-order valence-electron chi connectivity index (χ4n) is 1.77. The Bertz CT molecular complexity index is 500. The molecular formula is C15H24N4O2. The van der Waals surface area contributed by atoms with Crippen molar-refractivity contribution in [2.75, 3.05) is 25.5 Å². The third-order valence-electron chi connectivity index (χ3n) is 2.97. The highest BCUT2D eigenvalue weighted by Gasteiger charge is 2.12. The second kappa shape index (κ2) is 8.24. The van der Waals surface area contributed by atoms with Crippen LogP contribution in [0.3, 0.4) is 0 Å². The number of hydrogen-bond donors (Lipinski definition) is 3. The molecule has 1 heterocycles. The maximum atomic E-state index is 12.1. The van der Waals surface area contributed by atoms with Gasteiger partial charge in [0.05, 0.1) is 0 Å². The van der Waals surface area contributed by atoms with Crippen LogP contribution in [-0.2, 0) is 4.79 Å². The van der Waals surface area contributed by atoms with Crippen LogP contribution in [0.5, 0.6) is 0 Å². The molecule has 0 saturated heterocycles. The largest absolute Gasteiger partial charge is 0.370 e. The number of hydrogen-bond acceptors (Lipinski definition) is 4. The molecule has 0 saturated carbocycles. The summed E-state index contributed by atoms with van der Waals surface area (Å²) < 4.78 is 0. The zero-order chi connectivity index (χ0) is 15.8. The molecule has 0 aliphatic heterocycles. The average Bonchev–Trinajstić information content (AvgIpc) is 2.46. The van der Waals surface area contributed by atoms with Crippen LogP contribution in [0.4, 0.5) is 5.82 Å². The number of nitrogens with one attached hydrogen (secondary N) is 3. The van der Waals surface area contributed by atoms with Crippen molar-refractivity contribution in [1.29, 1.82) is 0 Å². The average molecular weight is 292 g/mol. The highest BCUT2D eigenvalue weighted by Crippen LogP contribution is 2.17. The lowest BCUT2D eigenvalue weighted by Crippen LogP contribution is -2.29. The first-order valence-corrected chi connectivity index (χ1v) is 7.22. The van der Waals surface area contributed by atoms with Gasteiger partial charge in [-0.3, -0.25) is 9.59 Å². The molecule has 0 atom stereocenters. The van der Waals surface area contributed by atoms with E-state index in [4.69, 9.17) is 0 Å². The summed E-state index contributed by atoms with van der Waals surface area (Å²) in [7, 11) is 1.57. The molecule has 0 unspecified atom stereocenters. The Kier molecular flexibility index (Phi) is 6.65. The molecule has 0 spiro atoms. The lowest BCUT2D eigenvalue weighted by Gasteiger charge is -2.12. The van der Waals surface area contributed by atoms with Crippen molar-refractivity contribution in [3.05, 3.63) is 23.4 Å². The van der Waals surface area contributed by atoms with Gasteiger partial charge in [-0.15, -0.1) is 0 Å². The summed E-state index contributed by atoms with van der Waals surface area (Å²) >= 11 is 0. The van der Waals surface area contributed by atoms with Crippen LogP contribution in [0.25, 0.3) is 0 Å². The van der Waals surface area contributed by atoms with Crippen molar-refractivity contribution in [2.45, 2.75) is 33.1 Å². The second-order valence-electron chi connectivity index (χ2n) is 5.03. The van der Waals surface area contributed by atoms with E-state index in [9.17, 15) is 9.59 Å². The van der Waals surface area contributed by atoms with E-state index < -0.39 is 0 Å². The molecule has 3 N–H and O–H groups in total. The molecule has 0 aliphatic carbocycles. The van der Waals surface area contributed by atoms with Gasteiger partial charge in [-0.1, -0.05) is 13.8 Å². The third kappa shape index (κ3) is 5.41. The SMILES string of the molecule is CCNc1cc(C(=O)NCCC(=O)NC)cc(C(C)C)n1. The molecule has 0 aliphatic rings. The maximum absolute atomic E-state index is 12.1. The number of amides is 2. The summed E-state index contributed by atoms with van der Waals surface area (Å²) in [6.07, 6.45) is 0.268. The van der Waals surface area contributed by atoms with Crippen LogP contribution in [0.1, 0.15) is 49.2 Å². The molecule has 0 aromatic carbocycles. The third-order valence-corrected chi connectivity index (χ3v) is 2.97. The molecule has 21 heavy (non-hydrogen) atoms. The maximum Gasteiger partial charge on any atom is 0.251 e. The van der Waals surface area contributed by atoms with Crippen molar-refractivity contribution in [3.63, 3.8) is 0 Å². The van der Waals surface area contributed by atoms with Gasteiger partial charge in [0.2, 0.25) is 5.91 Å². The molecule has 0 bridgehead atoms. The van der Waals surface area contributed by atoms with Crippen molar-refractivity contribution in [1.82, 2.24) is 15.6 Å². The van der Waals surface area contributed by atoms with Crippen LogP contribution < -0.4 is 16.0 Å². The van der Waals surface area contributed by atoms with Crippen LogP contribution in [0.2, 0.25) is 0 Å². The van der Waals surface area contributed by atoms with Gasteiger partial charge in [0, 0.05) is 37.8 Å². The van der Waals surface area contributed by atoms with Gasteiger partial charge in [-0.2, -0.15) is 0 Å². The number of carbonyl (C=O) groups is 2. The summed E-state index contributed by atoms with van der Waals surface area (Å²) in [5.74, 6) is 0.643. The molecule has 0 radical (unpaired) electrons. The number of carbonyl (C=O) groups excluding carboxylic acids is 2. The lowest BCUT2D eigenvalue weighted by molar-refractivity contribution is -0.120. The fraction of sp³-hybridized carbons (Fsp3) is 0.533. The number of anilines is 1. The molecular weight excluding hydrogens is 268 g/mol. The normalized spacial score (nSPS) is 10.3. The van der Waals surface area contributed by atoms with Gasteiger partial charge in [0.15, 0.2) is 0 Å². The van der Waals surface area contributed by atoms with E-state index in [2.05, 4.69) is 20.9 Å². The van der Waals surface area contributed by atoms with E-state index >= 15 is 0 Å². The van der Waals surface area contributed by atoms with Gasteiger partial charge in [0.1, 0.15) is 5.82 Å². The van der Waals surface area contributed by atoms with Gasteiger partial charge in [-0.05, 0) is 25.0 Å². The summed E-state index contributed by atoms with van der Waals surface area (Å²) in [5.41, 5.74) is 1.42. The van der Waals surface area contributed by atoms with Crippen molar-refractivity contribution >= 4 is 17.6 Å². The number of aromatic nitrogens is 1. The monoisotopic (exact) mass is 292 g/mol. The van der Waals surface area contributed by atoms with E-state index in [0.717, 1.165) is 12.2 Å². The Morgan fingerprint density at radius 3 is 2.57 bits per heavy atom. The van der Waals surface area contributed by atoms with E-state index in [1.807, 2.05) is 20.8 Å². The lowest BCUT2D eigenvalue weighted by atomic mass is 10.1. The Morgan fingerprint density at radius 2 is 2.00 bits per heavy atom. The van der Waals surface area contributed by atoms with Crippen molar-refractivity contribution in [2.24, 2.45) is 0 Å². The zero-order valence-electron chi connectivity index (χ0n) is 13.1. The summed E-state index contributed by atoms with van der Waals surface area (Å²) in [5, 5.41) is 8.39. The molecule has 1 aromatic heterocycles. The Balaban J connectivity index is 2.79. The Hall–Kier alpha value is -2.11. The van der Waals surface area contributed by atoms with Crippen LogP contribution in [0, 0.1) is 0 Å². The molecule has 0 fully saturated rings. The predicted molar refractivity (Wildman–Crippen MR) is 83.5 cm³/mol. The van der Waals surface area contributed by atoms with E-state index in [1.165, 1.54) is 0 Å². The van der Waals surface area contributed by atoms with Gasteiger partial charge in [-0.25, -0.2) is 4.98 Å². The van der Waals surface area contributed by atoms with E-state index in [0.29, 0.717) is 17.9 Å². The fourth-order valence-corrected chi connectivity index (χ4v) is 1.77. The molecule has 6 nitrogen and oxygen atoms in total. The van der Waals surface area contributed by atoms with Crippen LogP contribution in [-0.4, -0.2) is 36.9 Å². The molecule has 116 valence electrons. The van der Waals surface area contributed by atoms with E-state index in [-0.39, 0.29) is 24.2 Å². The van der Waals surface area contributed by atoms with Gasteiger partial charge in [0.25, 0.3) is 5.91 Å². The van der Waals surface area contributed by atoms with Crippen LogP contribution in [0.15, 0.2) is 12.1 Å². The first-order valence-electron chi connectivity index (χ1n) is 7.22. The highest BCUT2D eigenvalue weighted by molar-refractivity contribution is 5.95. The van der Waals surface area contributed by atoms with Gasteiger partial charge < -0.3 is 16.0 Å². The highest BCUT2D eigenvalue weighted by atomic mass is 16.2. The minimum absolute atomic E-state index is 0.0961. The number of pyridine rings is 1. The topological polar surface area (TPSA) is 83.1 Å². The second-order valence-corrected chi connectivity index (χ2v) is 5.03. The molecule has 2 amide bonds. The summed E-state index contributed by atoms with van der Waals surface area (Å²) in [4.78, 5) is 27.7. The quantitative estimate of drug-likeness (QED) is 0.711. The Labute approximate surface area is 125 Å². The predicted octanol–water partition coefficient (Wildman–Crippen LogP) is 1.50. The van der Waals surface area contributed by atoms with Crippen molar-refractivity contribution in [3.8, 4) is 0 Å². The van der Waals surface area contributed by atoms with Gasteiger partial charge >= 0.3 is 0 Å². The Morgan fingerprint density at radius 1 is 1.29 bits per heavy atom. The van der Waals surface area contributed by atoms with Crippen molar-refractivity contribution < 1.29 is 9.59 Å². The first kappa shape index (κ1) is 16.9. The minimum atomic E-state index is -0.192. The molecule has 1 aromatic rings. The number of nitrogens with zero attached hydrogens (tertiary/aromatic N) is 1. The standard InChI is InChI=1S/C15H24N4O2/c1-5-17-13-9-11(8-12(19-13)10(2)3)15(21)18-7-6-14(20)16-4/h8-10H,5-7H2,1-4H3,(H,16,20)(H,17,19)(H,18,21). The smallest absolute Gasteiger partial charge is 0.251 e. The molecule has 6 heteroatoms.